The monoisotopic (exact) mass is 585 g/mol. The van der Waals surface area contributed by atoms with Crippen molar-refractivity contribution in [3.8, 4) is 17.1 Å². The lowest BCUT2D eigenvalue weighted by molar-refractivity contribution is -0.274. The van der Waals surface area contributed by atoms with Gasteiger partial charge in [0, 0.05) is 22.1 Å². The van der Waals surface area contributed by atoms with Gasteiger partial charge in [-0.1, -0.05) is 50.2 Å². The van der Waals surface area contributed by atoms with Gasteiger partial charge in [0.2, 0.25) is 4.80 Å². The number of fused-ring (bicyclic) bond motifs is 3. The number of rotatable bonds is 6. The van der Waals surface area contributed by atoms with Crippen molar-refractivity contribution < 1.29 is 17.9 Å². The second kappa shape index (κ2) is 10.9. The van der Waals surface area contributed by atoms with Crippen LogP contribution in [-0.2, 0) is 0 Å². The summed E-state index contributed by atoms with van der Waals surface area (Å²) in [5.41, 5.74) is 6.65. The van der Waals surface area contributed by atoms with E-state index in [-0.39, 0.29) is 5.75 Å². The normalized spacial score (nSPS) is 12.8. The van der Waals surface area contributed by atoms with E-state index in [4.69, 9.17) is 0 Å². The molecule has 0 N–H and O–H groups in total. The van der Waals surface area contributed by atoms with Gasteiger partial charge in [-0.25, -0.2) is 4.98 Å². The number of imidazole rings is 1. The topological polar surface area (TPSA) is 56.7 Å². The highest BCUT2D eigenvalue weighted by Gasteiger charge is 2.31. The number of hydrogen-bond acceptors (Lipinski definition) is 5. The fraction of sp³-hybridized carbons (Fsp3) is 0.156. The molecule has 0 bridgehead atoms. The lowest BCUT2D eigenvalue weighted by atomic mass is 10.0. The lowest BCUT2D eigenvalue weighted by Crippen LogP contribution is -2.17. The van der Waals surface area contributed by atoms with Crippen molar-refractivity contribution in [1.82, 2.24) is 14.1 Å². The van der Waals surface area contributed by atoms with Crippen molar-refractivity contribution in [3.05, 3.63) is 112 Å². The van der Waals surface area contributed by atoms with Crippen molar-refractivity contribution in [2.75, 3.05) is 0 Å². The maximum atomic E-state index is 12.5. The van der Waals surface area contributed by atoms with E-state index in [2.05, 4.69) is 68.8 Å². The molecule has 6 rings (SSSR count). The van der Waals surface area contributed by atoms with Crippen LogP contribution in [-0.4, -0.2) is 26.7 Å². The SMILES string of the molecule is Cc1cs/c(=N\N=C\c2ccc3c(ccc4c3ncn4-c3ccc(OC(F)(F)F)cc3)c2)n1-c1ccccc1C(C)C. The molecule has 2 aromatic heterocycles. The van der Waals surface area contributed by atoms with Gasteiger partial charge < -0.3 is 4.74 Å². The van der Waals surface area contributed by atoms with Crippen LogP contribution in [0.2, 0.25) is 0 Å². The third-order valence-corrected chi connectivity index (χ3v) is 7.87. The molecule has 0 radical (unpaired) electrons. The van der Waals surface area contributed by atoms with Crippen LogP contribution >= 0.6 is 11.3 Å². The molecule has 0 spiro atoms. The van der Waals surface area contributed by atoms with Gasteiger partial charge in [0.25, 0.3) is 0 Å². The summed E-state index contributed by atoms with van der Waals surface area (Å²) in [6.45, 7) is 6.43. The summed E-state index contributed by atoms with van der Waals surface area (Å²) in [5.74, 6) is 0.102. The fourth-order valence-electron chi connectivity index (χ4n) is 5.00. The van der Waals surface area contributed by atoms with E-state index in [0.29, 0.717) is 11.6 Å². The summed E-state index contributed by atoms with van der Waals surface area (Å²) in [6, 6.07) is 24.0. The molecule has 0 aliphatic carbocycles. The maximum absolute atomic E-state index is 12.5. The van der Waals surface area contributed by atoms with E-state index in [9.17, 15) is 13.2 Å². The predicted molar refractivity (Wildman–Crippen MR) is 161 cm³/mol. The van der Waals surface area contributed by atoms with Gasteiger partial charge >= 0.3 is 6.36 Å². The highest BCUT2D eigenvalue weighted by molar-refractivity contribution is 7.07. The third kappa shape index (κ3) is 5.45. The Morgan fingerprint density at radius 3 is 2.52 bits per heavy atom. The number of aryl methyl sites for hydroxylation is 1. The van der Waals surface area contributed by atoms with Gasteiger partial charge in [0.05, 0.1) is 22.9 Å². The molecular formula is C32H26F3N5OS. The molecule has 4 aromatic carbocycles. The summed E-state index contributed by atoms with van der Waals surface area (Å²) in [4.78, 5) is 5.39. The minimum Gasteiger partial charge on any atom is -0.406 e. The van der Waals surface area contributed by atoms with Crippen LogP contribution in [0.25, 0.3) is 33.2 Å². The largest absolute Gasteiger partial charge is 0.573 e. The zero-order valence-corrected chi connectivity index (χ0v) is 23.8. The number of para-hydroxylation sites is 1. The second-order valence-corrected chi connectivity index (χ2v) is 11.0. The highest BCUT2D eigenvalue weighted by Crippen LogP contribution is 2.29. The summed E-state index contributed by atoms with van der Waals surface area (Å²) in [6.07, 6.45) is -1.33. The van der Waals surface area contributed by atoms with Crippen LogP contribution in [0.4, 0.5) is 13.2 Å². The first-order chi connectivity index (χ1) is 20.2. The van der Waals surface area contributed by atoms with Gasteiger partial charge in [-0.05, 0) is 71.8 Å². The summed E-state index contributed by atoms with van der Waals surface area (Å²) in [5, 5.41) is 13.0. The Bertz CT molecular complexity index is 2000. The Balaban J connectivity index is 1.29. The second-order valence-electron chi connectivity index (χ2n) is 10.1. The molecular weight excluding hydrogens is 559 g/mol. The molecule has 0 fully saturated rings. The molecule has 0 saturated carbocycles. The molecule has 10 heteroatoms. The van der Waals surface area contributed by atoms with Crippen LogP contribution in [0.3, 0.4) is 0 Å². The van der Waals surface area contributed by atoms with Gasteiger partial charge in [0.1, 0.15) is 12.1 Å². The number of halogens is 3. The van der Waals surface area contributed by atoms with Crippen LogP contribution in [0.5, 0.6) is 5.75 Å². The van der Waals surface area contributed by atoms with Gasteiger partial charge in [-0.2, -0.15) is 5.10 Å². The summed E-state index contributed by atoms with van der Waals surface area (Å²) < 4.78 is 45.5. The van der Waals surface area contributed by atoms with Crippen LogP contribution in [0.15, 0.2) is 101 Å². The zero-order valence-electron chi connectivity index (χ0n) is 23.0. The molecule has 2 heterocycles. The van der Waals surface area contributed by atoms with Crippen molar-refractivity contribution >= 4 is 39.4 Å². The zero-order chi connectivity index (χ0) is 29.4. The smallest absolute Gasteiger partial charge is 0.406 e. The van der Waals surface area contributed by atoms with E-state index in [1.54, 1.807) is 36.0 Å². The van der Waals surface area contributed by atoms with E-state index in [1.807, 2.05) is 41.0 Å². The molecule has 42 heavy (non-hydrogen) atoms. The van der Waals surface area contributed by atoms with Gasteiger partial charge in [-0.15, -0.1) is 29.6 Å². The number of hydrogen-bond donors (Lipinski definition) is 0. The minimum absolute atomic E-state index is 0.272. The van der Waals surface area contributed by atoms with Crippen LogP contribution in [0.1, 0.15) is 36.6 Å². The fourth-order valence-corrected chi connectivity index (χ4v) is 5.83. The van der Waals surface area contributed by atoms with E-state index in [1.165, 1.54) is 17.7 Å². The number of aromatic nitrogens is 3. The maximum Gasteiger partial charge on any atom is 0.573 e. The lowest BCUT2D eigenvalue weighted by Gasteiger charge is -2.14. The van der Waals surface area contributed by atoms with Gasteiger partial charge in [-0.3, -0.25) is 9.13 Å². The highest BCUT2D eigenvalue weighted by atomic mass is 32.1. The quantitative estimate of drug-likeness (QED) is 0.146. The van der Waals surface area contributed by atoms with Crippen molar-refractivity contribution in [1.29, 1.82) is 0 Å². The molecule has 6 aromatic rings. The minimum atomic E-state index is -4.73. The first-order valence-electron chi connectivity index (χ1n) is 13.3. The Morgan fingerprint density at radius 2 is 1.76 bits per heavy atom. The standard InChI is InChI=1S/C32H26F3N5OS/c1-20(2)26-6-4-5-7-28(26)40-21(3)18-42-31(40)38-37-17-22-8-14-27-23(16-22)9-15-29-30(27)36-19-39(29)24-10-12-25(13-11-24)41-32(33,34)35/h4-20H,1-3H3/b37-17+,38-31-. The number of nitrogens with zero attached hydrogens (tertiary/aromatic N) is 5. The summed E-state index contributed by atoms with van der Waals surface area (Å²) in [7, 11) is 0. The number of ether oxygens (including phenoxy) is 1. The Hall–Kier alpha value is -4.70. The molecule has 212 valence electrons. The summed E-state index contributed by atoms with van der Waals surface area (Å²) >= 11 is 1.55. The van der Waals surface area contributed by atoms with E-state index in [0.717, 1.165) is 43.6 Å². The molecule has 0 atom stereocenters. The van der Waals surface area contributed by atoms with E-state index >= 15 is 0 Å². The first-order valence-corrected chi connectivity index (χ1v) is 14.2. The molecule has 0 saturated heterocycles. The van der Waals surface area contributed by atoms with E-state index < -0.39 is 6.36 Å². The third-order valence-electron chi connectivity index (χ3n) is 6.93. The number of thiazole rings is 1. The van der Waals surface area contributed by atoms with Crippen LogP contribution < -0.4 is 9.54 Å². The first kappa shape index (κ1) is 27.5. The van der Waals surface area contributed by atoms with Crippen molar-refractivity contribution in [3.63, 3.8) is 0 Å². The molecule has 0 amide bonds. The van der Waals surface area contributed by atoms with Crippen molar-refractivity contribution in [2.45, 2.75) is 33.1 Å². The Morgan fingerprint density at radius 1 is 0.976 bits per heavy atom. The molecule has 0 unspecified atom stereocenters. The average molecular weight is 586 g/mol. The van der Waals surface area contributed by atoms with Gasteiger partial charge in [0.15, 0.2) is 0 Å². The molecule has 0 aliphatic rings. The number of alkyl halides is 3. The predicted octanol–water partition coefficient (Wildman–Crippen LogP) is 8.30. The average Bonchev–Trinajstić information content (AvgIpc) is 3.56. The van der Waals surface area contributed by atoms with Crippen molar-refractivity contribution in [2.24, 2.45) is 10.2 Å². The molecule has 6 nitrogen and oxygen atoms in total. The Labute approximate surface area is 243 Å². The van der Waals surface area contributed by atoms with Crippen LogP contribution in [0, 0.1) is 6.92 Å². The Kier molecular flexibility index (Phi) is 7.16. The molecule has 0 aliphatic heterocycles. The number of benzene rings is 4.